The first kappa shape index (κ1) is 14.4. The topological polar surface area (TPSA) is 21.3 Å². The van der Waals surface area contributed by atoms with Crippen LogP contribution in [0.25, 0.3) is 10.8 Å². The maximum absolute atomic E-state index is 5.29. The monoisotopic (exact) mass is 283 g/mol. The largest absolute Gasteiger partial charge is 0.497 e. The summed E-state index contributed by atoms with van der Waals surface area (Å²) in [6, 6.07) is 14.0. The van der Waals surface area contributed by atoms with E-state index in [1.165, 1.54) is 35.6 Å². The summed E-state index contributed by atoms with van der Waals surface area (Å²) in [5, 5.41) is 6.27. The predicted octanol–water partition coefficient (Wildman–Crippen LogP) is 4.69. The zero-order valence-corrected chi connectivity index (χ0v) is 13.2. The van der Waals surface area contributed by atoms with Gasteiger partial charge >= 0.3 is 0 Å². The first-order valence-electron chi connectivity index (χ1n) is 8.01. The molecular weight excluding hydrogens is 258 g/mol. The van der Waals surface area contributed by atoms with Crippen molar-refractivity contribution in [3.05, 3.63) is 42.0 Å². The molecule has 0 amide bonds. The molecule has 2 nitrogen and oxygen atoms in total. The van der Waals surface area contributed by atoms with Crippen LogP contribution < -0.4 is 10.1 Å². The summed E-state index contributed by atoms with van der Waals surface area (Å²) in [7, 11) is 1.71. The molecule has 1 N–H and O–H groups in total. The highest BCUT2D eigenvalue weighted by atomic mass is 16.5. The van der Waals surface area contributed by atoms with E-state index in [-0.39, 0.29) is 0 Å². The molecule has 0 aliphatic heterocycles. The molecule has 21 heavy (non-hydrogen) atoms. The van der Waals surface area contributed by atoms with Gasteiger partial charge in [-0.2, -0.15) is 0 Å². The molecule has 0 bridgehead atoms. The van der Waals surface area contributed by atoms with E-state index in [4.69, 9.17) is 4.74 Å². The van der Waals surface area contributed by atoms with Crippen molar-refractivity contribution in [2.24, 2.45) is 5.92 Å². The standard InChI is InChI=1S/C19H25NO/c1-13(15-5-4-6-15)20-14(2)16-7-8-18-12-19(21-3)10-9-17(18)11-16/h7-15,20H,4-6H2,1-3H3. The normalized spacial score (nSPS) is 18.2. The predicted molar refractivity (Wildman–Crippen MR) is 88.9 cm³/mol. The molecule has 1 aliphatic carbocycles. The van der Waals surface area contributed by atoms with Crippen molar-refractivity contribution in [2.75, 3.05) is 7.11 Å². The quantitative estimate of drug-likeness (QED) is 0.859. The van der Waals surface area contributed by atoms with E-state index in [1.807, 2.05) is 6.07 Å². The van der Waals surface area contributed by atoms with Gasteiger partial charge in [0.1, 0.15) is 5.75 Å². The third kappa shape index (κ3) is 3.06. The van der Waals surface area contributed by atoms with Gasteiger partial charge < -0.3 is 10.1 Å². The second-order valence-corrected chi connectivity index (χ2v) is 6.34. The van der Waals surface area contributed by atoms with Crippen LogP contribution in [0.1, 0.15) is 44.7 Å². The third-order valence-corrected chi connectivity index (χ3v) is 4.94. The van der Waals surface area contributed by atoms with E-state index in [1.54, 1.807) is 7.11 Å². The van der Waals surface area contributed by atoms with Crippen molar-refractivity contribution in [3.8, 4) is 5.75 Å². The van der Waals surface area contributed by atoms with Crippen molar-refractivity contribution in [1.82, 2.24) is 5.32 Å². The highest BCUT2D eigenvalue weighted by molar-refractivity contribution is 5.84. The smallest absolute Gasteiger partial charge is 0.119 e. The number of nitrogens with one attached hydrogen (secondary N) is 1. The SMILES string of the molecule is COc1ccc2cc(C(C)NC(C)C3CCC3)ccc2c1. The summed E-state index contributed by atoms with van der Waals surface area (Å²) in [5.41, 5.74) is 1.36. The lowest BCUT2D eigenvalue weighted by atomic mass is 9.80. The number of benzene rings is 2. The summed E-state index contributed by atoms with van der Waals surface area (Å²) < 4.78 is 5.29. The average Bonchev–Trinajstić information content (AvgIpc) is 2.44. The molecule has 2 heteroatoms. The van der Waals surface area contributed by atoms with E-state index < -0.39 is 0 Å². The molecule has 0 heterocycles. The summed E-state index contributed by atoms with van der Waals surface area (Å²) in [4.78, 5) is 0. The van der Waals surface area contributed by atoms with Gasteiger partial charge in [0.25, 0.3) is 0 Å². The lowest BCUT2D eigenvalue weighted by Crippen LogP contribution is -2.38. The van der Waals surface area contributed by atoms with Crippen LogP contribution in [-0.2, 0) is 0 Å². The van der Waals surface area contributed by atoms with Crippen molar-refractivity contribution in [1.29, 1.82) is 0 Å². The van der Waals surface area contributed by atoms with Crippen LogP contribution in [0.2, 0.25) is 0 Å². The van der Waals surface area contributed by atoms with Crippen LogP contribution in [0.15, 0.2) is 36.4 Å². The van der Waals surface area contributed by atoms with Crippen LogP contribution in [0.4, 0.5) is 0 Å². The Morgan fingerprint density at radius 3 is 2.43 bits per heavy atom. The molecule has 3 rings (SSSR count). The molecule has 1 fully saturated rings. The Labute approximate surface area is 127 Å². The highest BCUT2D eigenvalue weighted by Gasteiger charge is 2.24. The molecule has 2 unspecified atom stereocenters. The van der Waals surface area contributed by atoms with Gasteiger partial charge in [-0.25, -0.2) is 0 Å². The average molecular weight is 283 g/mol. The lowest BCUT2D eigenvalue weighted by molar-refractivity contribution is 0.230. The van der Waals surface area contributed by atoms with E-state index in [0.717, 1.165) is 11.7 Å². The number of hydrogen-bond acceptors (Lipinski definition) is 2. The van der Waals surface area contributed by atoms with Crippen molar-refractivity contribution >= 4 is 10.8 Å². The number of methoxy groups -OCH3 is 1. The number of rotatable bonds is 5. The molecule has 1 saturated carbocycles. The Morgan fingerprint density at radius 1 is 1.05 bits per heavy atom. The minimum atomic E-state index is 0.395. The summed E-state index contributed by atoms with van der Waals surface area (Å²) in [6.45, 7) is 4.59. The maximum Gasteiger partial charge on any atom is 0.119 e. The second-order valence-electron chi connectivity index (χ2n) is 6.34. The van der Waals surface area contributed by atoms with E-state index in [9.17, 15) is 0 Å². The number of hydrogen-bond donors (Lipinski definition) is 1. The van der Waals surface area contributed by atoms with Gasteiger partial charge in [-0.3, -0.25) is 0 Å². The molecule has 2 aromatic rings. The third-order valence-electron chi connectivity index (χ3n) is 4.94. The van der Waals surface area contributed by atoms with E-state index in [2.05, 4.69) is 49.5 Å². The maximum atomic E-state index is 5.29. The highest BCUT2D eigenvalue weighted by Crippen LogP contribution is 2.31. The fraction of sp³-hybridized carbons (Fsp3) is 0.474. The van der Waals surface area contributed by atoms with Crippen molar-refractivity contribution in [2.45, 2.75) is 45.2 Å². The van der Waals surface area contributed by atoms with Gasteiger partial charge in [0.05, 0.1) is 7.11 Å². The summed E-state index contributed by atoms with van der Waals surface area (Å²) in [6.07, 6.45) is 4.18. The summed E-state index contributed by atoms with van der Waals surface area (Å²) >= 11 is 0. The Bertz CT molecular complexity index is 618. The van der Waals surface area contributed by atoms with Gasteiger partial charge in [0, 0.05) is 12.1 Å². The van der Waals surface area contributed by atoms with Crippen LogP contribution in [-0.4, -0.2) is 13.2 Å². The van der Waals surface area contributed by atoms with E-state index in [0.29, 0.717) is 12.1 Å². The van der Waals surface area contributed by atoms with Crippen LogP contribution in [0.3, 0.4) is 0 Å². The second kappa shape index (κ2) is 6.07. The first-order valence-corrected chi connectivity index (χ1v) is 8.01. The van der Waals surface area contributed by atoms with Gasteiger partial charge in [0.2, 0.25) is 0 Å². The molecule has 2 atom stereocenters. The fourth-order valence-electron chi connectivity index (χ4n) is 3.21. The van der Waals surface area contributed by atoms with Gasteiger partial charge in [-0.15, -0.1) is 0 Å². The Hall–Kier alpha value is -1.54. The lowest BCUT2D eigenvalue weighted by Gasteiger charge is -2.34. The summed E-state index contributed by atoms with van der Waals surface area (Å²) in [5.74, 6) is 1.79. The zero-order valence-electron chi connectivity index (χ0n) is 13.2. The Morgan fingerprint density at radius 2 is 1.76 bits per heavy atom. The molecule has 0 radical (unpaired) electrons. The van der Waals surface area contributed by atoms with Crippen LogP contribution in [0.5, 0.6) is 5.75 Å². The number of fused-ring (bicyclic) bond motifs is 1. The van der Waals surface area contributed by atoms with Crippen LogP contribution >= 0.6 is 0 Å². The van der Waals surface area contributed by atoms with Crippen molar-refractivity contribution in [3.63, 3.8) is 0 Å². The molecule has 0 aromatic heterocycles. The minimum Gasteiger partial charge on any atom is -0.497 e. The molecule has 0 saturated heterocycles. The van der Waals surface area contributed by atoms with Crippen molar-refractivity contribution < 1.29 is 4.74 Å². The fourth-order valence-corrected chi connectivity index (χ4v) is 3.21. The first-order chi connectivity index (χ1) is 10.2. The molecule has 0 spiro atoms. The molecule has 112 valence electrons. The molecular formula is C19H25NO. The van der Waals surface area contributed by atoms with Crippen LogP contribution in [0, 0.1) is 5.92 Å². The Kier molecular flexibility index (Phi) is 4.16. The zero-order chi connectivity index (χ0) is 14.8. The minimum absolute atomic E-state index is 0.395. The van der Waals surface area contributed by atoms with Gasteiger partial charge in [0.15, 0.2) is 0 Å². The Balaban J connectivity index is 1.76. The van der Waals surface area contributed by atoms with E-state index >= 15 is 0 Å². The number of ether oxygens (including phenoxy) is 1. The van der Waals surface area contributed by atoms with Gasteiger partial charge in [-0.1, -0.05) is 24.6 Å². The van der Waals surface area contributed by atoms with Gasteiger partial charge in [-0.05, 0) is 67.1 Å². The molecule has 1 aliphatic rings. The molecule has 2 aromatic carbocycles.